The summed E-state index contributed by atoms with van der Waals surface area (Å²) in [7, 11) is 0. The molecule has 0 aromatic heterocycles. The van der Waals surface area contributed by atoms with Crippen LogP contribution in [0.5, 0.6) is 11.5 Å². The molecule has 0 saturated heterocycles. The minimum absolute atomic E-state index is 0.0268. The summed E-state index contributed by atoms with van der Waals surface area (Å²) in [6.45, 7) is 16.9. The highest BCUT2D eigenvalue weighted by molar-refractivity contribution is 5.75. The van der Waals surface area contributed by atoms with Crippen LogP contribution in [-0.4, -0.2) is 22.8 Å². The molecule has 3 atom stereocenters. The van der Waals surface area contributed by atoms with Gasteiger partial charge < -0.3 is 14.9 Å². The highest BCUT2D eigenvalue weighted by atomic mass is 16.5. The molecule has 0 heterocycles. The van der Waals surface area contributed by atoms with Gasteiger partial charge in [0.1, 0.15) is 18.1 Å². The fourth-order valence-electron chi connectivity index (χ4n) is 5.95. The second-order valence-corrected chi connectivity index (χ2v) is 12.9. The number of rotatable bonds is 9. The molecule has 0 spiro atoms. The van der Waals surface area contributed by atoms with Gasteiger partial charge in [-0.05, 0) is 79.5 Å². The average molecular weight is 471 g/mol. The molecular formula is C30H46O4. The summed E-state index contributed by atoms with van der Waals surface area (Å²) in [5.41, 5.74) is 2.07. The van der Waals surface area contributed by atoms with Gasteiger partial charge in [-0.1, -0.05) is 66.4 Å². The lowest BCUT2D eigenvalue weighted by Crippen LogP contribution is -2.52. The van der Waals surface area contributed by atoms with E-state index in [4.69, 9.17) is 4.74 Å². The number of fused-ring (bicyclic) bond motifs is 1. The molecule has 2 N–H and O–H groups in total. The molecule has 190 valence electrons. The van der Waals surface area contributed by atoms with Crippen LogP contribution in [-0.2, 0) is 14.9 Å². The van der Waals surface area contributed by atoms with Crippen LogP contribution in [0, 0.1) is 22.7 Å². The summed E-state index contributed by atoms with van der Waals surface area (Å²) >= 11 is 0. The zero-order valence-electron chi connectivity index (χ0n) is 22.6. The number of hydrogen-bond acceptors (Lipinski definition) is 4. The topological polar surface area (TPSA) is 66.8 Å². The second kappa shape index (κ2) is 9.59. The monoisotopic (exact) mass is 470 g/mol. The summed E-state index contributed by atoms with van der Waals surface area (Å²) < 4.78 is 5.67. The summed E-state index contributed by atoms with van der Waals surface area (Å²) in [6, 6.07) is 3.72. The molecule has 1 aromatic carbocycles. The Bertz CT molecular complexity index is 909. The summed E-state index contributed by atoms with van der Waals surface area (Å²) in [5.74, 6) is 0.747. The van der Waals surface area contributed by atoms with Crippen molar-refractivity contribution in [2.75, 3.05) is 6.61 Å². The highest BCUT2D eigenvalue weighted by Crippen LogP contribution is 2.65. The van der Waals surface area contributed by atoms with Gasteiger partial charge >= 0.3 is 5.97 Å². The Labute approximate surface area is 206 Å². The third-order valence-corrected chi connectivity index (χ3v) is 8.51. The molecule has 1 aromatic rings. The third-order valence-electron chi connectivity index (χ3n) is 8.51. The van der Waals surface area contributed by atoms with Crippen LogP contribution >= 0.6 is 0 Å². The maximum Gasteiger partial charge on any atom is 0.311 e. The maximum absolute atomic E-state index is 12.4. The van der Waals surface area contributed by atoms with E-state index < -0.39 is 5.41 Å². The van der Waals surface area contributed by atoms with E-state index in [0.717, 1.165) is 30.4 Å². The van der Waals surface area contributed by atoms with E-state index in [9.17, 15) is 15.0 Å². The summed E-state index contributed by atoms with van der Waals surface area (Å²) in [5, 5.41) is 22.3. The Balaban J connectivity index is 1.87. The van der Waals surface area contributed by atoms with Crippen molar-refractivity contribution in [3.63, 3.8) is 0 Å². The Morgan fingerprint density at radius 2 is 1.68 bits per heavy atom. The average Bonchev–Trinajstić information content (AvgIpc) is 2.73. The number of phenolic OH excluding ortho intramolecular Hbond substituents is 2. The molecule has 3 aliphatic carbocycles. The zero-order valence-corrected chi connectivity index (χ0v) is 22.6. The van der Waals surface area contributed by atoms with Crippen molar-refractivity contribution in [2.24, 2.45) is 22.7 Å². The molecule has 1 fully saturated rings. The van der Waals surface area contributed by atoms with Gasteiger partial charge in [0.25, 0.3) is 0 Å². The Morgan fingerprint density at radius 1 is 1.06 bits per heavy atom. The number of phenols is 2. The van der Waals surface area contributed by atoms with Crippen LogP contribution in [0.3, 0.4) is 0 Å². The fourth-order valence-corrected chi connectivity index (χ4v) is 5.95. The van der Waals surface area contributed by atoms with Crippen molar-refractivity contribution in [3.05, 3.63) is 34.9 Å². The molecule has 34 heavy (non-hydrogen) atoms. The van der Waals surface area contributed by atoms with Gasteiger partial charge in [0.2, 0.25) is 0 Å². The first kappa shape index (κ1) is 26.6. The first-order chi connectivity index (χ1) is 15.7. The second-order valence-electron chi connectivity index (χ2n) is 12.9. The summed E-state index contributed by atoms with van der Waals surface area (Å²) in [6.07, 6.45) is 8.96. The maximum atomic E-state index is 12.4. The van der Waals surface area contributed by atoms with E-state index >= 15 is 0 Å². The minimum Gasteiger partial charge on any atom is -0.507 e. The van der Waals surface area contributed by atoms with Crippen molar-refractivity contribution < 1.29 is 19.7 Å². The molecule has 2 bridgehead atoms. The number of hydrogen-bond donors (Lipinski definition) is 2. The van der Waals surface area contributed by atoms with Crippen LogP contribution in [0.25, 0.3) is 0 Å². The van der Waals surface area contributed by atoms with E-state index in [-0.39, 0.29) is 40.8 Å². The largest absolute Gasteiger partial charge is 0.507 e. The number of benzene rings is 1. The first-order valence-corrected chi connectivity index (χ1v) is 13.1. The quantitative estimate of drug-likeness (QED) is 0.221. The van der Waals surface area contributed by atoms with Gasteiger partial charge in [-0.2, -0.15) is 0 Å². The Morgan fingerprint density at radius 3 is 2.21 bits per heavy atom. The van der Waals surface area contributed by atoms with Crippen molar-refractivity contribution in [1.29, 1.82) is 0 Å². The highest BCUT2D eigenvalue weighted by Gasteiger charge is 2.56. The van der Waals surface area contributed by atoms with Crippen molar-refractivity contribution in [1.82, 2.24) is 0 Å². The molecule has 4 heteroatoms. The predicted molar refractivity (Wildman–Crippen MR) is 138 cm³/mol. The van der Waals surface area contributed by atoms with E-state index in [1.54, 1.807) is 0 Å². The van der Waals surface area contributed by atoms with Gasteiger partial charge in [0.15, 0.2) is 0 Å². The van der Waals surface area contributed by atoms with Gasteiger partial charge in [0, 0.05) is 11.5 Å². The Kier molecular flexibility index (Phi) is 7.51. The normalized spacial score (nSPS) is 23.8. The molecular weight excluding hydrogens is 424 g/mol. The van der Waals surface area contributed by atoms with Crippen molar-refractivity contribution >= 4 is 5.97 Å². The molecule has 0 radical (unpaired) electrons. The van der Waals surface area contributed by atoms with E-state index in [1.807, 2.05) is 32.9 Å². The molecule has 0 aliphatic heterocycles. The lowest BCUT2D eigenvalue weighted by atomic mass is 9.45. The van der Waals surface area contributed by atoms with Crippen LogP contribution in [0.4, 0.5) is 0 Å². The molecule has 4 rings (SSSR count). The molecule has 0 amide bonds. The van der Waals surface area contributed by atoms with E-state index in [0.29, 0.717) is 17.4 Å². The number of esters is 1. The molecule has 1 saturated carbocycles. The van der Waals surface area contributed by atoms with E-state index in [2.05, 4.69) is 40.7 Å². The lowest BCUT2D eigenvalue weighted by Gasteiger charge is -2.59. The minimum atomic E-state index is -0.540. The number of aromatic hydroxyl groups is 2. The number of carbonyl (C=O) groups is 1. The lowest BCUT2D eigenvalue weighted by molar-refractivity contribution is -0.152. The van der Waals surface area contributed by atoms with Gasteiger partial charge in [-0.25, -0.2) is 0 Å². The van der Waals surface area contributed by atoms with Crippen molar-refractivity contribution in [3.8, 4) is 11.5 Å². The summed E-state index contributed by atoms with van der Waals surface area (Å²) in [4.78, 5) is 12.4. The van der Waals surface area contributed by atoms with Crippen LogP contribution in [0.2, 0.25) is 0 Å². The Hall–Kier alpha value is -1.97. The number of unbranched alkanes of at least 4 members (excludes halogenated alkanes) is 3. The molecule has 3 unspecified atom stereocenters. The fraction of sp³-hybridized carbons (Fsp3) is 0.700. The van der Waals surface area contributed by atoms with Crippen molar-refractivity contribution in [2.45, 2.75) is 105 Å². The van der Waals surface area contributed by atoms with Gasteiger partial charge in [-0.3, -0.25) is 4.79 Å². The van der Waals surface area contributed by atoms with Gasteiger partial charge in [0.05, 0.1) is 5.41 Å². The predicted octanol–water partition coefficient (Wildman–Crippen LogP) is 7.62. The SMILES string of the molecule is CCCCCCC(C)(C)c1cc(O)c(C2C=C(COC(=O)C(C)(C)C)C3CC2C3(C)C)c(O)c1. The number of carbonyl (C=O) groups excluding carboxylic acids is 1. The number of ether oxygens (including phenoxy) is 1. The standard InChI is InChI=1S/C30H46O4/c1-9-10-11-12-13-29(5,6)20-15-24(31)26(25(32)16-20)21-14-19(18-34-27(33)28(2,3)4)22-17-23(21)30(22,7)8/h14-16,21-23,31-32H,9-13,17-18H2,1-8H3. The first-order valence-electron chi connectivity index (χ1n) is 13.1. The smallest absolute Gasteiger partial charge is 0.311 e. The van der Waals surface area contributed by atoms with E-state index in [1.165, 1.54) is 19.3 Å². The third kappa shape index (κ3) is 5.16. The molecule has 3 aliphatic rings. The van der Waals surface area contributed by atoms with Crippen LogP contribution < -0.4 is 0 Å². The number of allylic oxidation sites excluding steroid dienone is 1. The van der Waals surface area contributed by atoms with Gasteiger partial charge in [-0.15, -0.1) is 0 Å². The van der Waals surface area contributed by atoms with Crippen LogP contribution in [0.1, 0.15) is 111 Å². The molecule has 4 nitrogen and oxygen atoms in total. The van der Waals surface area contributed by atoms with Crippen LogP contribution in [0.15, 0.2) is 23.8 Å². The zero-order chi connectivity index (χ0) is 25.5.